The second-order valence-corrected chi connectivity index (χ2v) is 3.78. The molecular weight excluding hydrogens is 202 g/mol. The third kappa shape index (κ3) is 2.19. The van der Waals surface area contributed by atoms with Gasteiger partial charge in [0.15, 0.2) is 0 Å². The second kappa shape index (κ2) is 4.31. The van der Waals surface area contributed by atoms with Crippen molar-refractivity contribution in [3.05, 3.63) is 47.7 Å². The number of carbonyl (C=O) groups is 1. The van der Waals surface area contributed by atoms with Gasteiger partial charge in [0, 0.05) is 6.93 Å². The van der Waals surface area contributed by atoms with Crippen LogP contribution in [0, 0.1) is 5.89 Å². The highest BCUT2D eigenvalue weighted by Gasteiger charge is 2.23. The molecule has 82 valence electrons. The number of esters is 1. The molecular formula is C13H13NO2. The van der Waals surface area contributed by atoms with E-state index in [2.05, 4.69) is 4.99 Å². The highest BCUT2D eigenvalue weighted by molar-refractivity contribution is 6.11. The molecule has 0 aliphatic carbocycles. The van der Waals surface area contributed by atoms with E-state index in [9.17, 15) is 4.79 Å². The molecule has 0 fully saturated rings. The summed E-state index contributed by atoms with van der Waals surface area (Å²) in [5.74, 6) is -1.04. The van der Waals surface area contributed by atoms with E-state index in [0.29, 0.717) is 5.90 Å². The van der Waals surface area contributed by atoms with Gasteiger partial charge in [-0.15, -0.1) is 0 Å². The van der Waals surface area contributed by atoms with Gasteiger partial charge in [-0.25, -0.2) is 9.79 Å². The van der Waals surface area contributed by atoms with Gasteiger partial charge in [-0.3, -0.25) is 0 Å². The SMILES string of the molecule is [2H]C(C)(C)/C=C1\N=C(c2ccccc2)OC1=O. The number of allylic oxidation sites excluding steroid dienone is 1. The van der Waals surface area contributed by atoms with E-state index in [1.165, 1.54) is 6.08 Å². The van der Waals surface area contributed by atoms with Crippen molar-refractivity contribution in [2.24, 2.45) is 10.9 Å². The Balaban J connectivity index is 2.33. The lowest BCUT2D eigenvalue weighted by molar-refractivity contribution is -0.130. The number of benzene rings is 1. The summed E-state index contributed by atoms with van der Waals surface area (Å²) in [4.78, 5) is 15.7. The van der Waals surface area contributed by atoms with Crippen molar-refractivity contribution in [2.45, 2.75) is 13.8 Å². The lowest BCUT2D eigenvalue weighted by atomic mass is 10.2. The van der Waals surface area contributed by atoms with Crippen LogP contribution in [0.25, 0.3) is 0 Å². The lowest BCUT2D eigenvalue weighted by Gasteiger charge is -1.97. The molecule has 0 bridgehead atoms. The Labute approximate surface area is 95.9 Å². The summed E-state index contributed by atoms with van der Waals surface area (Å²) in [6.45, 7) is 3.37. The number of hydrogen-bond donors (Lipinski definition) is 0. The van der Waals surface area contributed by atoms with Gasteiger partial charge in [-0.1, -0.05) is 32.0 Å². The molecule has 0 atom stereocenters. The summed E-state index contributed by atoms with van der Waals surface area (Å²) in [7, 11) is 0. The number of rotatable bonds is 2. The molecule has 0 radical (unpaired) electrons. The first-order chi connectivity index (χ1) is 7.96. The minimum atomic E-state index is -0.843. The lowest BCUT2D eigenvalue weighted by Crippen LogP contribution is -2.05. The number of ether oxygens (including phenoxy) is 1. The highest BCUT2D eigenvalue weighted by Crippen LogP contribution is 2.17. The zero-order valence-corrected chi connectivity index (χ0v) is 9.23. The molecule has 1 aromatic rings. The van der Waals surface area contributed by atoms with Crippen LogP contribution in [0.5, 0.6) is 0 Å². The van der Waals surface area contributed by atoms with Crippen LogP contribution in [0.3, 0.4) is 0 Å². The van der Waals surface area contributed by atoms with E-state index in [-0.39, 0.29) is 5.70 Å². The summed E-state index contributed by atoms with van der Waals surface area (Å²) in [6.07, 6.45) is 1.49. The molecule has 0 saturated carbocycles. The maximum atomic E-state index is 11.5. The van der Waals surface area contributed by atoms with Gasteiger partial charge in [-0.2, -0.15) is 0 Å². The van der Waals surface area contributed by atoms with Gasteiger partial charge in [0.1, 0.15) is 5.70 Å². The van der Waals surface area contributed by atoms with E-state index in [0.717, 1.165) is 5.56 Å². The Kier molecular flexibility index (Phi) is 2.51. The number of cyclic esters (lactones) is 1. The Hall–Kier alpha value is -1.90. The van der Waals surface area contributed by atoms with E-state index < -0.39 is 11.9 Å². The number of nitrogens with zero attached hydrogens (tertiary/aromatic N) is 1. The third-order valence-electron chi connectivity index (χ3n) is 2.07. The molecule has 1 aliphatic heterocycles. The van der Waals surface area contributed by atoms with E-state index in [1.807, 2.05) is 30.3 Å². The molecule has 0 N–H and O–H groups in total. The van der Waals surface area contributed by atoms with Crippen molar-refractivity contribution in [2.75, 3.05) is 0 Å². The van der Waals surface area contributed by atoms with Crippen LogP contribution in [0.15, 0.2) is 47.1 Å². The van der Waals surface area contributed by atoms with Gasteiger partial charge in [0.05, 0.1) is 0 Å². The van der Waals surface area contributed by atoms with Crippen LogP contribution in [0.2, 0.25) is 0 Å². The fourth-order valence-electron chi connectivity index (χ4n) is 1.39. The molecule has 0 spiro atoms. The molecule has 1 aromatic carbocycles. The third-order valence-corrected chi connectivity index (χ3v) is 2.07. The van der Waals surface area contributed by atoms with Crippen LogP contribution in [0.4, 0.5) is 0 Å². The van der Waals surface area contributed by atoms with Crippen molar-refractivity contribution >= 4 is 11.9 Å². The first-order valence-electron chi connectivity index (χ1n) is 5.55. The molecule has 2 rings (SSSR count). The zero-order valence-electron chi connectivity index (χ0n) is 10.2. The maximum Gasteiger partial charge on any atom is 0.363 e. The topological polar surface area (TPSA) is 38.7 Å². The first kappa shape index (κ1) is 9.33. The van der Waals surface area contributed by atoms with Crippen molar-refractivity contribution in [1.82, 2.24) is 0 Å². The van der Waals surface area contributed by atoms with Crippen molar-refractivity contribution in [3.8, 4) is 0 Å². The highest BCUT2D eigenvalue weighted by atomic mass is 16.6. The van der Waals surface area contributed by atoms with Gasteiger partial charge in [0.25, 0.3) is 0 Å². The molecule has 0 aromatic heterocycles. The van der Waals surface area contributed by atoms with Crippen LogP contribution in [-0.2, 0) is 9.53 Å². The minimum Gasteiger partial charge on any atom is -0.402 e. The predicted octanol–water partition coefficient (Wildman–Crippen LogP) is 2.53. The van der Waals surface area contributed by atoms with Crippen molar-refractivity contribution in [1.29, 1.82) is 0 Å². The standard InChI is InChI=1S/C13H13NO2/c1-9(2)8-11-13(15)16-12(14-11)10-6-4-3-5-7-10/h3-9H,1-2H3/b11-8-/i9D. The summed E-state index contributed by atoms with van der Waals surface area (Å²) in [5.41, 5.74) is 0.955. The van der Waals surface area contributed by atoms with Gasteiger partial charge in [-0.05, 0) is 24.1 Å². The average molecular weight is 216 g/mol. The largest absolute Gasteiger partial charge is 0.402 e. The van der Waals surface area contributed by atoms with Crippen molar-refractivity contribution < 1.29 is 10.9 Å². The molecule has 3 heteroatoms. The number of hydrogen-bond acceptors (Lipinski definition) is 3. The van der Waals surface area contributed by atoms with Crippen molar-refractivity contribution in [3.63, 3.8) is 0 Å². The minimum absolute atomic E-state index is 0.198. The van der Waals surface area contributed by atoms with Gasteiger partial charge in [0.2, 0.25) is 5.90 Å². The Morgan fingerprint density at radius 2 is 2.06 bits per heavy atom. The quantitative estimate of drug-likeness (QED) is 0.563. The van der Waals surface area contributed by atoms with E-state index in [1.54, 1.807) is 13.8 Å². The molecule has 0 amide bonds. The van der Waals surface area contributed by atoms with E-state index >= 15 is 0 Å². The molecule has 3 nitrogen and oxygen atoms in total. The molecule has 16 heavy (non-hydrogen) atoms. The Bertz CT molecular complexity index is 498. The smallest absolute Gasteiger partial charge is 0.363 e. The molecule has 1 aliphatic rings. The van der Waals surface area contributed by atoms with Crippen LogP contribution < -0.4 is 0 Å². The zero-order chi connectivity index (χ0) is 12.5. The van der Waals surface area contributed by atoms with Gasteiger partial charge >= 0.3 is 5.97 Å². The van der Waals surface area contributed by atoms with Crippen LogP contribution >= 0.6 is 0 Å². The molecule has 1 heterocycles. The Morgan fingerprint density at radius 1 is 1.38 bits per heavy atom. The summed E-state index contributed by atoms with van der Waals surface area (Å²) in [6, 6.07) is 9.22. The fraction of sp³-hybridized carbons (Fsp3) is 0.231. The Morgan fingerprint density at radius 3 is 2.69 bits per heavy atom. The van der Waals surface area contributed by atoms with Crippen LogP contribution in [0.1, 0.15) is 20.8 Å². The molecule has 0 saturated heterocycles. The normalized spacial score (nSPS) is 19.4. The molecule has 0 unspecified atom stereocenters. The monoisotopic (exact) mass is 216 g/mol. The van der Waals surface area contributed by atoms with Crippen LogP contribution in [-0.4, -0.2) is 11.9 Å². The maximum absolute atomic E-state index is 11.5. The number of aliphatic imine (C=N–C) groups is 1. The fourth-order valence-corrected chi connectivity index (χ4v) is 1.39. The van der Waals surface area contributed by atoms with E-state index in [4.69, 9.17) is 6.11 Å². The van der Waals surface area contributed by atoms with Gasteiger partial charge < -0.3 is 4.74 Å². The number of carbonyl (C=O) groups excluding carboxylic acids is 1. The summed E-state index contributed by atoms with van der Waals surface area (Å²) >= 11 is 0. The summed E-state index contributed by atoms with van der Waals surface area (Å²) < 4.78 is 12.8. The average Bonchev–Trinajstić information content (AvgIpc) is 2.59. The summed E-state index contributed by atoms with van der Waals surface area (Å²) in [5, 5.41) is 0. The predicted molar refractivity (Wildman–Crippen MR) is 62.0 cm³/mol. The first-order valence-corrected chi connectivity index (χ1v) is 5.05. The second-order valence-electron chi connectivity index (χ2n) is 3.78.